The van der Waals surface area contributed by atoms with Gasteiger partial charge in [0.15, 0.2) is 0 Å². The van der Waals surface area contributed by atoms with Crippen molar-refractivity contribution in [2.24, 2.45) is 0 Å². The molecule has 0 aliphatic carbocycles. The number of rotatable bonds is 5. The molecule has 0 aromatic heterocycles. The van der Waals surface area contributed by atoms with E-state index in [0.29, 0.717) is 5.69 Å². The lowest BCUT2D eigenvalue weighted by Gasteiger charge is -2.11. The molecule has 1 aliphatic rings. The van der Waals surface area contributed by atoms with Crippen molar-refractivity contribution in [2.45, 2.75) is 18.6 Å². The highest BCUT2D eigenvalue weighted by Gasteiger charge is 2.39. The Bertz CT molecular complexity index is 600. The molecule has 1 N–H and O–H groups in total. The second-order valence-electron chi connectivity index (χ2n) is 4.68. The van der Waals surface area contributed by atoms with Gasteiger partial charge in [-0.3, -0.25) is 19.3 Å². The molecule has 0 bridgehead atoms. The summed E-state index contributed by atoms with van der Waals surface area (Å²) in [6.07, 6.45) is 1.48. The predicted molar refractivity (Wildman–Crippen MR) is 83.1 cm³/mol. The average molecular weight is 304 g/mol. The van der Waals surface area contributed by atoms with Gasteiger partial charge in [-0.15, -0.1) is 6.58 Å². The summed E-state index contributed by atoms with van der Waals surface area (Å²) < 4.78 is 0. The molecular weight excluding hydrogens is 288 g/mol. The highest BCUT2D eigenvalue weighted by molar-refractivity contribution is 8.15. The molecule has 6 heteroatoms. The van der Waals surface area contributed by atoms with Gasteiger partial charge in [0.05, 0.1) is 0 Å². The van der Waals surface area contributed by atoms with Crippen LogP contribution in [0, 0.1) is 6.92 Å². The highest BCUT2D eigenvalue weighted by atomic mass is 32.2. The van der Waals surface area contributed by atoms with Crippen LogP contribution in [0.5, 0.6) is 0 Å². The summed E-state index contributed by atoms with van der Waals surface area (Å²) in [6, 6.07) is 7.40. The Kier molecular flexibility index (Phi) is 4.80. The first-order valence-electron chi connectivity index (χ1n) is 6.51. The van der Waals surface area contributed by atoms with Gasteiger partial charge in [0.2, 0.25) is 11.8 Å². The Hall–Kier alpha value is -2.08. The largest absolute Gasteiger partial charge is 0.326 e. The number of thioether (sulfide) groups is 1. The highest BCUT2D eigenvalue weighted by Crippen LogP contribution is 2.29. The van der Waals surface area contributed by atoms with E-state index in [0.717, 1.165) is 22.2 Å². The van der Waals surface area contributed by atoms with Crippen molar-refractivity contribution in [1.29, 1.82) is 0 Å². The molecule has 1 heterocycles. The number of para-hydroxylation sites is 1. The first-order chi connectivity index (χ1) is 10.0. The zero-order valence-corrected chi connectivity index (χ0v) is 12.5. The summed E-state index contributed by atoms with van der Waals surface area (Å²) in [5, 5.41) is 1.79. The second kappa shape index (κ2) is 6.58. The van der Waals surface area contributed by atoms with Gasteiger partial charge in [-0.25, -0.2) is 0 Å². The number of benzene rings is 1. The zero-order valence-electron chi connectivity index (χ0n) is 11.7. The maximum atomic E-state index is 12.0. The van der Waals surface area contributed by atoms with E-state index in [1.165, 1.54) is 6.08 Å². The molecule has 1 aromatic carbocycles. The van der Waals surface area contributed by atoms with Crippen LogP contribution in [0.25, 0.3) is 0 Å². The fourth-order valence-corrected chi connectivity index (χ4v) is 3.00. The minimum absolute atomic E-state index is 0.0166. The van der Waals surface area contributed by atoms with E-state index in [1.807, 2.05) is 25.1 Å². The molecule has 1 fully saturated rings. The summed E-state index contributed by atoms with van der Waals surface area (Å²) in [6.45, 7) is 5.58. The number of anilines is 1. The van der Waals surface area contributed by atoms with Crippen molar-refractivity contribution in [3.63, 3.8) is 0 Å². The van der Waals surface area contributed by atoms with Crippen LogP contribution in [-0.2, 0) is 9.59 Å². The smallest absolute Gasteiger partial charge is 0.289 e. The van der Waals surface area contributed by atoms with E-state index in [4.69, 9.17) is 0 Å². The minimum Gasteiger partial charge on any atom is -0.326 e. The maximum Gasteiger partial charge on any atom is 0.289 e. The molecule has 1 saturated heterocycles. The first-order valence-corrected chi connectivity index (χ1v) is 7.39. The van der Waals surface area contributed by atoms with Gasteiger partial charge in [0.1, 0.15) is 5.25 Å². The van der Waals surface area contributed by atoms with Gasteiger partial charge < -0.3 is 5.32 Å². The van der Waals surface area contributed by atoms with Gasteiger partial charge in [0, 0.05) is 18.7 Å². The molecule has 0 unspecified atom stereocenters. The number of hydrogen-bond acceptors (Lipinski definition) is 4. The normalized spacial score (nSPS) is 18.0. The third-order valence-corrected chi connectivity index (χ3v) is 4.18. The van der Waals surface area contributed by atoms with E-state index in [9.17, 15) is 14.4 Å². The lowest BCUT2D eigenvalue weighted by Crippen LogP contribution is -2.33. The quantitative estimate of drug-likeness (QED) is 0.849. The van der Waals surface area contributed by atoms with Crippen LogP contribution in [0.1, 0.15) is 12.0 Å². The summed E-state index contributed by atoms with van der Waals surface area (Å²) >= 11 is 0.894. The summed E-state index contributed by atoms with van der Waals surface area (Å²) in [4.78, 5) is 36.8. The number of imide groups is 1. The SMILES string of the molecule is C=CCN1C(=O)S[C@H](CC(=O)Nc2ccccc2C)C1=O. The number of hydrogen-bond donors (Lipinski definition) is 1. The summed E-state index contributed by atoms with van der Waals surface area (Å²) in [5.74, 6) is -0.603. The number of amides is 3. The van der Waals surface area contributed by atoms with Gasteiger partial charge in [-0.2, -0.15) is 0 Å². The molecule has 110 valence electrons. The molecular formula is C15H16N2O3S. The molecule has 1 aliphatic heterocycles. The van der Waals surface area contributed by atoms with Crippen molar-refractivity contribution < 1.29 is 14.4 Å². The zero-order chi connectivity index (χ0) is 15.4. The van der Waals surface area contributed by atoms with E-state index < -0.39 is 5.25 Å². The molecule has 21 heavy (non-hydrogen) atoms. The van der Waals surface area contributed by atoms with Crippen molar-refractivity contribution in [2.75, 3.05) is 11.9 Å². The van der Waals surface area contributed by atoms with Crippen molar-refractivity contribution >= 4 is 34.5 Å². The first kappa shape index (κ1) is 15.3. The van der Waals surface area contributed by atoms with Gasteiger partial charge in [-0.1, -0.05) is 36.0 Å². The van der Waals surface area contributed by atoms with Gasteiger partial charge >= 0.3 is 0 Å². The monoisotopic (exact) mass is 304 g/mol. The lowest BCUT2D eigenvalue weighted by molar-refractivity contribution is -0.128. The summed E-state index contributed by atoms with van der Waals surface area (Å²) in [5.41, 5.74) is 1.66. The van der Waals surface area contributed by atoms with Crippen LogP contribution in [0.3, 0.4) is 0 Å². The lowest BCUT2D eigenvalue weighted by atomic mass is 10.2. The van der Waals surface area contributed by atoms with Crippen LogP contribution >= 0.6 is 11.8 Å². The second-order valence-corrected chi connectivity index (χ2v) is 5.83. The maximum absolute atomic E-state index is 12.0. The standard InChI is InChI=1S/C15H16N2O3S/c1-3-8-17-14(19)12(21-15(17)20)9-13(18)16-11-7-5-4-6-10(11)2/h3-7,12H,1,8-9H2,2H3,(H,16,18)/t12-/m1/s1. The van der Waals surface area contributed by atoms with Crippen molar-refractivity contribution in [3.05, 3.63) is 42.5 Å². The number of carbonyl (C=O) groups is 3. The number of aryl methyl sites for hydroxylation is 1. The third-order valence-electron chi connectivity index (χ3n) is 3.11. The van der Waals surface area contributed by atoms with Gasteiger partial charge in [0.25, 0.3) is 5.24 Å². The van der Waals surface area contributed by atoms with E-state index in [2.05, 4.69) is 11.9 Å². The number of nitrogens with zero attached hydrogens (tertiary/aromatic N) is 1. The molecule has 1 atom stereocenters. The molecule has 1 aromatic rings. The van der Waals surface area contributed by atoms with Crippen molar-refractivity contribution in [3.8, 4) is 0 Å². The van der Waals surface area contributed by atoms with Crippen molar-refractivity contribution in [1.82, 2.24) is 4.90 Å². The molecule has 0 spiro atoms. The van der Waals surface area contributed by atoms with Crippen LogP contribution in [0.2, 0.25) is 0 Å². The van der Waals surface area contributed by atoms with Crippen LogP contribution < -0.4 is 5.32 Å². The molecule has 5 nitrogen and oxygen atoms in total. The number of carbonyl (C=O) groups excluding carboxylic acids is 3. The Morgan fingerprint density at radius 2 is 2.14 bits per heavy atom. The van der Waals surface area contributed by atoms with Gasteiger partial charge in [-0.05, 0) is 18.6 Å². The minimum atomic E-state index is -0.651. The van der Waals surface area contributed by atoms with E-state index in [-0.39, 0.29) is 30.0 Å². The van der Waals surface area contributed by atoms with E-state index in [1.54, 1.807) is 6.07 Å². The van der Waals surface area contributed by atoms with Crippen LogP contribution in [-0.4, -0.2) is 33.7 Å². The Morgan fingerprint density at radius 1 is 1.43 bits per heavy atom. The fraction of sp³-hybridized carbons (Fsp3) is 0.267. The van der Waals surface area contributed by atoms with E-state index >= 15 is 0 Å². The third kappa shape index (κ3) is 3.52. The summed E-state index contributed by atoms with van der Waals surface area (Å²) in [7, 11) is 0. The average Bonchev–Trinajstić information content (AvgIpc) is 2.69. The molecule has 0 radical (unpaired) electrons. The number of nitrogens with one attached hydrogen (secondary N) is 1. The molecule has 2 rings (SSSR count). The predicted octanol–water partition coefficient (Wildman–Crippen LogP) is 2.57. The molecule has 0 saturated carbocycles. The Labute approximate surface area is 127 Å². The fourth-order valence-electron chi connectivity index (χ4n) is 2.00. The molecule has 3 amide bonds. The van der Waals surface area contributed by atoms with Crippen LogP contribution in [0.4, 0.5) is 10.5 Å². The topological polar surface area (TPSA) is 66.5 Å². The Morgan fingerprint density at radius 3 is 2.81 bits per heavy atom. The van der Waals surface area contributed by atoms with Crippen LogP contribution in [0.15, 0.2) is 36.9 Å². The Balaban J connectivity index is 1.98.